The van der Waals surface area contributed by atoms with Crippen molar-refractivity contribution in [3.63, 3.8) is 0 Å². The van der Waals surface area contributed by atoms with Gasteiger partial charge in [0.2, 0.25) is 5.91 Å². The maximum Gasteiger partial charge on any atom is 0.285 e. The zero-order chi connectivity index (χ0) is 22.7. The van der Waals surface area contributed by atoms with E-state index in [2.05, 4.69) is 35.2 Å². The van der Waals surface area contributed by atoms with Gasteiger partial charge in [0.25, 0.3) is 5.91 Å². The molecule has 5 fully saturated rings. The Bertz CT molecular complexity index is 1160. The molecule has 1 saturated heterocycles. The molecule has 2 amide bonds. The summed E-state index contributed by atoms with van der Waals surface area (Å²) in [5.41, 5.74) is 4.81. The molecule has 7 rings (SSSR count). The van der Waals surface area contributed by atoms with E-state index in [-0.39, 0.29) is 17.2 Å². The van der Waals surface area contributed by atoms with Gasteiger partial charge in [-0.05, 0) is 87.1 Å². The molecule has 2 aromatic rings. The third kappa shape index (κ3) is 3.55. The minimum atomic E-state index is -0.310. The topological polar surface area (TPSA) is 54.3 Å². The number of benzene rings is 1. The van der Waals surface area contributed by atoms with Crippen molar-refractivity contribution < 1.29 is 9.59 Å². The molecule has 1 aromatic heterocycles. The van der Waals surface area contributed by atoms with Crippen LogP contribution in [0.15, 0.2) is 35.4 Å². The van der Waals surface area contributed by atoms with Crippen LogP contribution in [0.25, 0.3) is 17.0 Å². The average Bonchev–Trinajstić information content (AvgIpc) is 3.25. The number of hydrazine groups is 1. The highest BCUT2D eigenvalue weighted by Gasteiger charge is 2.55. The van der Waals surface area contributed by atoms with Gasteiger partial charge < -0.3 is 4.57 Å². The minimum absolute atomic E-state index is 0.00121. The number of hydrogen-bond acceptors (Lipinski definition) is 4. The van der Waals surface area contributed by atoms with Crippen LogP contribution in [0.4, 0.5) is 0 Å². The Hall–Kier alpha value is -2.12. The van der Waals surface area contributed by atoms with Crippen LogP contribution in [0.5, 0.6) is 0 Å². The molecule has 172 valence electrons. The van der Waals surface area contributed by atoms with Gasteiger partial charge in [-0.25, -0.2) is 0 Å². The van der Waals surface area contributed by atoms with E-state index in [0.717, 1.165) is 48.7 Å². The molecule has 5 nitrogen and oxygen atoms in total. The van der Waals surface area contributed by atoms with E-state index in [9.17, 15) is 9.59 Å². The number of amides is 2. The van der Waals surface area contributed by atoms with Crippen LogP contribution >= 0.6 is 24.0 Å². The van der Waals surface area contributed by atoms with Gasteiger partial charge in [0.05, 0.1) is 10.3 Å². The normalized spacial score (nSPS) is 31.8. The third-order valence-electron chi connectivity index (χ3n) is 8.10. The summed E-state index contributed by atoms with van der Waals surface area (Å²) in [6, 6.07) is 8.26. The average molecular weight is 480 g/mol. The van der Waals surface area contributed by atoms with Crippen molar-refractivity contribution in [2.45, 2.75) is 58.4 Å². The van der Waals surface area contributed by atoms with Crippen molar-refractivity contribution in [2.75, 3.05) is 0 Å². The Morgan fingerprint density at radius 3 is 2.52 bits per heavy atom. The Morgan fingerprint density at radius 1 is 1.18 bits per heavy atom. The number of thiocarbonyl (C=S) groups is 1. The van der Waals surface area contributed by atoms with E-state index < -0.39 is 0 Å². The molecule has 33 heavy (non-hydrogen) atoms. The van der Waals surface area contributed by atoms with Gasteiger partial charge in [0, 0.05) is 29.2 Å². The molecule has 2 heterocycles. The SMILES string of the molecule is CCCn1cc(/C=C2\SC(=S)N(NC(=O)C34CC5CC(CC(C5)C3)C4)C2=O)c2ccccc21. The summed E-state index contributed by atoms with van der Waals surface area (Å²) < 4.78 is 2.64. The molecule has 0 spiro atoms. The second-order valence-corrected chi connectivity index (χ2v) is 12.1. The second-order valence-electron chi connectivity index (χ2n) is 10.5. The molecular weight excluding hydrogens is 450 g/mol. The van der Waals surface area contributed by atoms with Crippen molar-refractivity contribution in [3.05, 3.63) is 40.9 Å². The zero-order valence-corrected chi connectivity index (χ0v) is 20.5. The Balaban J connectivity index is 1.24. The fourth-order valence-corrected chi connectivity index (χ4v) is 8.30. The maximum absolute atomic E-state index is 13.5. The van der Waals surface area contributed by atoms with Crippen molar-refractivity contribution in [1.82, 2.24) is 15.0 Å². The second kappa shape index (κ2) is 7.98. The summed E-state index contributed by atoms with van der Waals surface area (Å²) in [7, 11) is 0. The zero-order valence-electron chi connectivity index (χ0n) is 18.9. The fourth-order valence-electron chi connectivity index (χ4n) is 7.13. The molecule has 4 aliphatic carbocycles. The van der Waals surface area contributed by atoms with E-state index in [1.54, 1.807) is 0 Å². The number of carbonyl (C=O) groups is 2. The van der Waals surface area contributed by atoms with Gasteiger partial charge >= 0.3 is 0 Å². The van der Waals surface area contributed by atoms with E-state index in [4.69, 9.17) is 12.2 Å². The summed E-state index contributed by atoms with van der Waals surface area (Å²) in [6.45, 7) is 3.09. The number of thioether (sulfide) groups is 1. The predicted molar refractivity (Wildman–Crippen MR) is 136 cm³/mol. The highest BCUT2D eigenvalue weighted by atomic mass is 32.2. The number of rotatable bonds is 5. The first-order valence-corrected chi connectivity index (χ1v) is 13.3. The van der Waals surface area contributed by atoms with E-state index >= 15 is 0 Å². The summed E-state index contributed by atoms with van der Waals surface area (Å²) >= 11 is 6.79. The molecule has 1 aromatic carbocycles. The molecule has 7 heteroatoms. The largest absolute Gasteiger partial charge is 0.347 e. The lowest BCUT2D eigenvalue weighted by Gasteiger charge is -2.55. The molecule has 1 aliphatic heterocycles. The van der Waals surface area contributed by atoms with Gasteiger partial charge in [-0.1, -0.05) is 36.9 Å². The smallest absolute Gasteiger partial charge is 0.285 e. The Morgan fingerprint density at radius 2 is 1.85 bits per heavy atom. The number of aromatic nitrogens is 1. The number of para-hydroxylation sites is 1. The van der Waals surface area contributed by atoms with Gasteiger partial charge in [-0.3, -0.25) is 15.0 Å². The van der Waals surface area contributed by atoms with Crippen LogP contribution in [0.1, 0.15) is 57.4 Å². The van der Waals surface area contributed by atoms with Crippen molar-refractivity contribution in [3.8, 4) is 0 Å². The van der Waals surface area contributed by atoms with Crippen LogP contribution in [0.3, 0.4) is 0 Å². The summed E-state index contributed by atoms with van der Waals surface area (Å²) in [5.74, 6) is 1.80. The lowest BCUT2D eigenvalue weighted by molar-refractivity contribution is -0.152. The summed E-state index contributed by atoms with van der Waals surface area (Å²) in [4.78, 5) is 27.3. The van der Waals surface area contributed by atoms with Crippen LogP contribution in [0.2, 0.25) is 0 Å². The first-order chi connectivity index (χ1) is 16.0. The Labute approximate surface area is 203 Å². The molecule has 0 radical (unpaired) electrons. The number of fused-ring (bicyclic) bond motifs is 1. The van der Waals surface area contributed by atoms with E-state index in [0.29, 0.717) is 27.0 Å². The summed E-state index contributed by atoms with van der Waals surface area (Å²) in [6.07, 6.45) is 11.8. The highest BCUT2D eigenvalue weighted by molar-refractivity contribution is 8.26. The molecule has 1 N–H and O–H groups in total. The van der Waals surface area contributed by atoms with Crippen LogP contribution in [-0.4, -0.2) is 25.7 Å². The number of nitrogens with zero attached hydrogens (tertiary/aromatic N) is 2. The standard InChI is InChI=1S/C26H29N3O2S2/c1-2-7-28-15-19(20-5-3-4-6-21(20)28)11-22-23(30)29(25(32)33-22)27-24(31)26-12-16-8-17(13-26)10-18(9-16)14-26/h3-6,11,15-18H,2,7-10,12-14H2,1H3,(H,27,31)/b22-11-. The first kappa shape index (κ1) is 21.4. The third-order valence-corrected chi connectivity index (χ3v) is 9.40. The molecule has 0 atom stereocenters. The van der Waals surface area contributed by atoms with E-state index in [1.165, 1.54) is 36.0 Å². The van der Waals surface area contributed by atoms with Crippen molar-refractivity contribution >= 4 is 57.1 Å². The first-order valence-electron chi connectivity index (χ1n) is 12.1. The number of carbonyl (C=O) groups excluding carboxylic acids is 2. The molecule has 0 unspecified atom stereocenters. The molecule has 4 bridgehead atoms. The predicted octanol–water partition coefficient (Wildman–Crippen LogP) is 5.50. The summed E-state index contributed by atoms with van der Waals surface area (Å²) in [5, 5.41) is 2.44. The number of hydrogen-bond donors (Lipinski definition) is 1. The monoisotopic (exact) mass is 479 g/mol. The van der Waals surface area contributed by atoms with Gasteiger partial charge in [0.1, 0.15) is 0 Å². The quantitative estimate of drug-likeness (QED) is 0.454. The number of aryl methyl sites for hydroxylation is 1. The van der Waals surface area contributed by atoms with Gasteiger partial charge in [-0.15, -0.1) is 0 Å². The van der Waals surface area contributed by atoms with Gasteiger partial charge in [0.15, 0.2) is 4.32 Å². The molecular formula is C26H29N3O2S2. The maximum atomic E-state index is 13.5. The van der Waals surface area contributed by atoms with E-state index in [1.807, 2.05) is 18.2 Å². The fraction of sp³-hybridized carbons (Fsp3) is 0.500. The van der Waals surface area contributed by atoms with Gasteiger partial charge in [-0.2, -0.15) is 5.01 Å². The van der Waals surface area contributed by atoms with Crippen LogP contribution < -0.4 is 5.43 Å². The highest BCUT2D eigenvalue weighted by Crippen LogP contribution is 2.60. The molecule has 5 aliphatic rings. The molecule has 4 saturated carbocycles. The van der Waals surface area contributed by atoms with Crippen molar-refractivity contribution in [2.24, 2.45) is 23.2 Å². The lowest BCUT2D eigenvalue weighted by atomic mass is 9.49. The van der Waals surface area contributed by atoms with Crippen LogP contribution in [-0.2, 0) is 16.1 Å². The van der Waals surface area contributed by atoms with Crippen LogP contribution in [0, 0.1) is 23.2 Å². The number of nitrogens with one attached hydrogen (secondary N) is 1. The Kier molecular flexibility index (Phi) is 5.18. The lowest BCUT2D eigenvalue weighted by Crippen LogP contribution is -2.57. The minimum Gasteiger partial charge on any atom is -0.347 e. The van der Waals surface area contributed by atoms with Crippen molar-refractivity contribution in [1.29, 1.82) is 0 Å².